The van der Waals surface area contributed by atoms with Crippen LogP contribution in [0.2, 0.25) is 0 Å². The highest BCUT2D eigenvalue weighted by Gasteiger charge is 2.37. The number of ether oxygens (including phenoxy) is 1. The van der Waals surface area contributed by atoms with E-state index in [2.05, 4.69) is 124 Å². The Kier molecular flexibility index (Phi) is 6.49. The van der Waals surface area contributed by atoms with Gasteiger partial charge in [0.25, 0.3) is 0 Å². The van der Waals surface area contributed by atoms with Crippen molar-refractivity contribution in [1.82, 2.24) is 4.58 Å². The molecule has 6 unspecified atom stereocenters. The van der Waals surface area contributed by atoms with Crippen LogP contribution in [0.15, 0.2) is 24.3 Å². The Morgan fingerprint density at radius 1 is 0.683 bits per heavy atom. The Labute approximate surface area is 247 Å². The van der Waals surface area contributed by atoms with E-state index in [0.29, 0.717) is 35.8 Å². The third-order valence-corrected chi connectivity index (χ3v) is 12.3. The lowest BCUT2D eigenvalue weighted by Crippen LogP contribution is -2.47. The summed E-state index contributed by atoms with van der Waals surface area (Å²) in [5.41, 5.74) is 15.1. The first-order valence-electron chi connectivity index (χ1n) is 15.7. The van der Waals surface area contributed by atoms with Crippen LogP contribution >= 0.6 is 0 Å². The third kappa shape index (κ3) is 3.80. The van der Waals surface area contributed by atoms with Gasteiger partial charge in [-0.1, -0.05) is 27.7 Å². The zero-order chi connectivity index (χ0) is 29.8. The smallest absolute Gasteiger partial charge is 0.207 e. The van der Waals surface area contributed by atoms with Crippen LogP contribution in [-0.4, -0.2) is 26.2 Å². The normalized spacial score (nSPS) is 26.7. The molecule has 0 N–H and O–H groups in total. The number of anilines is 1. The van der Waals surface area contributed by atoms with Gasteiger partial charge in [-0.3, -0.25) is 0 Å². The standard InChI is InChI=1S/C38H49N2O/c1-18-19(2)25(8)37(26(9)20(18)3)38-31-14-29-23(6)21(4)27(10)39(12)33(29)16-35(31)41-36-17-34-30(15-32(36)38)24(7)22(5)28(11)40(34)13/h14-17,21-24,27-28H,1-13H3/q+1. The molecule has 0 amide bonds. The number of benzene rings is 3. The van der Waals surface area contributed by atoms with E-state index in [1.54, 1.807) is 0 Å². The molecule has 41 heavy (non-hydrogen) atoms. The summed E-state index contributed by atoms with van der Waals surface area (Å²) in [5, 5.41) is 2.55. The van der Waals surface area contributed by atoms with Crippen molar-refractivity contribution in [2.45, 2.75) is 100 Å². The lowest BCUT2D eigenvalue weighted by atomic mass is 9.76. The third-order valence-electron chi connectivity index (χ3n) is 12.3. The SMILES string of the molecule is Cc1c(C)c(C)c(C2=c3cc4c(cc3Oc3cc5c(cc32)C(C)C(C)C(C)N5C)=[N+](C)C(C)C(C)C4C)c(C)c1C. The lowest BCUT2D eigenvalue weighted by Gasteiger charge is -2.43. The summed E-state index contributed by atoms with van der Waals surface area (Å²) in [6, 6.07) is 10.6. The molecule has 6 rings (SSSR count). The minimum atomic E-state index is 0.479. The second-order valence-electron chi connectivity index (χ2n) is 13.8. The van der Waals surface area contributed by atoms with Crippen LogP contribution in [0, 0.1) is 46.5 Å². The van der Waals surface area contributed by atoms with Crippen molar-refractivity contribution in [1.29, 1.82) is 0 Å². The molecule has 0 saturated heterocycles. The molecule has 0 fully saturated rings. The fourth-order valence-corrected chi connectivity index (χ4v) is 8.03. The van der Waals surface area contributed by atoms with Gasteiger partial charge in [-0.25, -0.2) is 4.58 Å². The molecule has 0 spiro atoms. The Hall–Kier alpha value is -3.07. The van der Waals surface area contributed by atoms with E-state index >= 15 is 0 Å². The highest BCUT2D eigenvalue weighted by atomic mass is 16.5. The summed E-state index contributed by atoms with van der Waals surface area (Å²) in [7, 11) is 4.49. The fourth-order valence-electron chi connectivity index (χ4n) is 8.03. The topological polar surface area (TPSA) is 15.5 Å². The largest absolute Gasteiger partial charge is 0.456 e. The fraction of sp³-hybridized carbons (Fsp3) is 0.500. The second-order valence-corrected chi connectivity index (χ2v) is 13.8. The molecule has 0 saturated carbocycles. The molecule has 3 heterocycles. The van der Waals surface area contributed by atoms with Crippen LogP contribution in [0.5, 0.6) is 11.5 Å². The maximum absolute atomic E-state index is 6.94. The minimum absolute atomic E-state index is 0.479. The summed E-state index contributed by atoms with van der Waals surface area (Å²) < 4.78 is 9.40. The Balaban J connectivity index is 1.79. The summed E-state index contributed by atoms with van der Waals surface area (Å²) in [4.78, 5) is 2.46. The van der Waals surface area contributed by atoms with Crippen LogP contribution in [0.4, 0.5) is 5.69 Å². The van der Waals surface area contributed by atoms with E-state index in [0.717, 1.165) is 11.5 Å². The Morgan fingerprint density at radius 2 is 1.27 bits per heavy atom. The predicted octanol–water partition coefficient (Wildman–Crippen LogP) is 7.42. The first-order valence-corrected chi connectivity index (χ1v) is 15.7. The second kappa shape index (κ2) is 9.48. The van der Waals surface area contributed by atoms with Gasteiger partial charge in [-0.05, 0) is 117 Å². The molecule has 3 aliphatic heterocycles. The van der Waals surface area contributed by atoms with Crippen molar-refractivity contribution >= 4 is 11.3 Å². The van der Waals surface area contributed by atoms with E-state index in [4.69, 9.17) is 4.74 Å². The monoisotopic (exact) mass is 549 g/mol. The van der Waals surface area contributed by atoms with Crippen LogP contribution < -0.4 is 24.8 Å². The molecule has 0 aliphatic carbocycles. The van der Waals surface area contributed by atoms with Crippen LogP contribution in [0.25, 0.3) is 5.57 Å². The molecule has 3 aromatic carbocycles. The van der Waals surface area contributed by atoms with Gasteiger partial charge >= 0.3 is 0 Å². The van der Waals surface area contributed by atoms with Gasteiger partial charge in [0.2, 0.25) is 5.36 Å². The lowest BCUT2D eigenvalue weighted by molar-refractivity contribution is 0.310. The van der Waals surface area contributed by atoms with Gasteiger partial charge in [0.15, 0.2) is 6.04 Å². The van der Waals surface area contributed by atoms with Crippen LogP contribution in [-0.2, 0) is 0 Å². The average Bonchev–Trinajstić information content (AvgIpc) is 2.97. The highest BCUT2D eigenvalue weighted by molar-refractivity contribution is 5.90. The zero-order valence-corrected chi connectivity index (χ0v) is 27.6. The van der Waals surface area contributed by atoms with Gasteiger partial charge in [0.1, 0.15) is 18.5 Å². The van der Waals surface area contributed by atoms with Gasteiger partial charge in [0.05, 0.1) is 6.07 Å². The van der Waals surface area contributed by atoms with Crippen molar-refractivity contribution in [2.75, 3.05) is 19.0 Å². The summed E-state index contributed by atoms with van der Waals surface area (Å²) in [6.07, 6.45) is 0. The van der Waals surface area contributed by atoms with Gasteiger partial charge in [0, 0.05) is 52.7 Å². The maximum atomic E-state index is 6.94. The predicted molar refractivity (Wildman–Crippen MR) is 174 cm³/mol. The van der Waals surface area contributed by atoms with Gasteiger partial charge in [-0.2, -0.15) is 0 Å². The molecule has 0 radical (unpaired) electrons. The Bertz CT molecular complexity index is 1720. The average molecular weight is 550 g/mol. The van der Waals surface area contributed by atoms with Crippen molar-refractivity contribution in [3.8, 4) is 11.5 Å². The molecule has 216 valence electrons. The van der Waals surface area contributed by atoms with E-state index in [1.165, 1.54) is 71.9 Å². The van der Waals surface area contributed by atoms with E-state index in [-0.39, 0.29) is 0 Å². The molecular weight excluding hydrogens is 500 g/mol. The number of fused-ring (bicyclic) bond motifs is 4. The summed E-state index contributed by atoms with van der Waals surface area (Å²) in [6.45, 7) is 25.8. The van der Waals surface area contributed by atoms with Crippen molar-refractivity contribution in [3.63, 3.8) is 0 Å². The molecule has 3 aliphatic rings. The van der Waals surface area contributed by atoms with Crippen molar-refractivity contribution in [3.05, 3.63) is 84.9 Å². The molecule has 3 aromatic rings. The number of hydrogen-bond donors (Lipinski definition) is 0. The molecule has 6 atom stereocenters. The molecule has 0 bridgehead atoms. The number of nitrogens with zero attached hydrogens (tertiary/aromatic N) is 2. The number of rotatable bonds is 1. The quantitative estimate of drug-likeness (QED) is 0.230. The van der Waals surface area contributed by atoms with E-state index in [9.17, 15) is 0 Å². The van der Waals surface area contributed by atoms with Crippen LogP contribution in [0.3, 0.4) is 0 Å². The van der Waals surface area contributed by atoms with E-state index in [1.807, 2.05) is 0 Å². The number of hydrogen-bond acceptors (Lipinski definition) is 2. The van der Waals surface area contributed by atoms with Crippen molar-refractivity contribution in [2.24, 2.45) is 11.8 Å². The molecular formula is C38H49N2O+. The summed E-state index contributed by atoms with van der Waals surface area (Å²) in [5.74, 6) is 4.07. The highest BCUT2D eigenvalue weighted by Crippen LogP contribution is 2.48. The maximum Gasteiger partial charge on any atom is 0.207 e. The first kappa shape index (κ1) is 28.1. The van der Waals surface area contributed by atoms with E-state index < -0.39 is 0 Å². The van der Waals surface area contributed by atoms with Gasteiger partial charge in [-0.15, -0.1) is 0 Å². The molecule has 3 nitrogen and oxygen atoms in total. The zero-order valence-electron chi connectivity index (χ0n) is 27.6. The van der Waals surface area contributed by atoms with Gasteiger partial charge < -0.3 is 9.64 Å². The minimum Gasteiger partial charge on any atom is -0.456 e. The Morgan fingerprint density at radius 3 is 1.90 bits per heavy atom. The van der Waals surface area contributed by atoms with Crippen molar-refractivity contribution < 1.29 is 4.74 Å². The molecule has 3 heteroatoms. The van der Waals surface area contributed by atoms with Crippen LogP contribution in [0.1, 0.15) is 103 Å². The first-order chi connectivity index (χ1) is 19.3. The summed E-state index contributed by atoms with van der Waals surface area (Å²) >= 11 is 0. The molecule has 0 aromatic heterocycles.